The topological polar surface area (TPSA) is 29.5 Å². The summed E-state index contributed by atoms with van der Waals surface area (Å²) in [6, 6.07) is 0. The fraction of sp³-hybridized carbons (Fsp3) is 0.900. The van der Waals surface area contributed by atoms with Gasteiger partial charge in [0.2, 0.25) is 0 Å². The molecule has 5 unspecified atom stereocenters. The highest BCUT2D eigenvalue weighted by molar-refractivity contribution is 5.36. The molecule has 22 heavy (non-hydrogen) atoms. The van der Waals surface area contributed by atoms with Crippen LogP contribution in [0.25, 0.3) is 0 Å². The SMILES string of the molecule is CC1(C)CCCC2(C)C3=C(CCC12)C1OCC(O)C1(C)CC3. The van der Waals surface area contributed by atoms with Crippen LogP contribution in [-0.4, -0.2) is 23.9 Å². The van der Waals surface area contributed by atoms with E-state index in [2.05, 4.69) is 27.7 Å². The van der Waals surface area contributed by atoms with Crippen molar-refractivity contribution in [1.82, 2.24) is 0 Å². The number of aliphatic hydroxyl groups excluding tert-OH is 1. The summed E-state index contributed by atoms with van der Waals surface area (Å²) in [5.41, 5.74) is 4.14. The molecule has 1 N–H and O–H groups in total. The van der Waals surface area contributed by atoms with Gasteiger partial charge in [-0.15, -0.1) is 0 Å². The Morgan fingerprint density at radius 1 is 1.05 bits per heavy atom. The summed E-state index contributed by atoms with van der Waals surface area (Å²) in [5, 5.41) is 10.4. The summed E-state index contributed by atoms with van der Waals surface area (Å²) < 4.78 is 6.11. The van der Waals surface area contributed by atoms with Gasteiger partial charge in [0, 0.05) is 5.41 Å². The van der Waals surface area contributed by atoms with Crippen LogP contribution < -0.4 is 0 Å². The molecule has 5 atom stereocenters. The van der Waals surface area contributed by atoms with Gasteiger partial charge in [-0.3, -0.25) is 0 Å². The molecule has 0 aromatic heterocycles. The van der Waals surface area contributed by atoms with Crippen molar-refractivity contribution >= 4 is 0 Å². The maximum absolute atomic E-state index is 10.4. The van der Waals surface area contributed by atoms with Gasteiger partial charge in [-0.2, -0.15) is 0 Å². The first-order valence-electron chi connectivity index (χ1n) is 9.31. The Kier molecular flexibility index (Phi) is 3.18. The van der Waals surface area contributed by atoms with Gasteiger partial charge in [0.1, 0.15) is 0 Å². The Labute approximate surface area is 135 Å². The van der Waals surface area contributed by atoms with Crippen LogP contribution in [0.1, 0.15) is 72.6 Å². The van der Waals surface area contributed by atoms with Gasteiger partial charge in [0.05, 0.1) is 18.8 Å². The van der Waals surface area contributed by atoms with Crippen molar-refractivity contribution < 1.29 is 9.84 Å². The molecular weight excluding hydrogens is 272 g/mol. The molecule has 3 aliphatic carbocycles. The van der Waals surface area contributed by atoms with Crippen LogP contribution in [0.4, 0.5) is 0 Å². The monoisotopic (exact) mass is 304 g/mol. The molecule has 1 aliphatic heterocycles. The van der Waals surface area contributed by atoms with Gasteiger partial charge in [0.25, 0.3) is 0 Å². The van der Waals surface area contributed by atoms with E-state index in [1.54, 1.807) is 11.1 Å². The number of hydrogen-bond donors (Lipinski definition) is 1. The molecule has 1 heterocycles. The number of ether oxygens (including phenoxy) is 1. The number of fused-ring (bicyclic) bond motifs is 4. The minimum atomic E-state index is -0.278. The zero-order valence-electron chi connectivity index (χ0n) is 14.7. The highest BCUT2D eigenvalue weighted by Crippen LogP contribution is 2.64. The van der Waals surface area contributed by atoms with E-state index < -0.39 is 0 Å². The third-order valence-corrected chi connectivity index (χ3v) is 8.02. The maximum atomic E-state index is 10.4. The highest BCUT2D eigenvalue weighted by atomic mass is 16.5. The van der Waals surface area contributed by atoms with E-state index in [0.29, 0.717) is 17.4 Å². The molecule has 0 aromatic rings. The van der Waals surface area contributed by atoms with E-state index in [0.717, 1.165) is 12.3 Å². The Morgan fingerprint density at radius 3 is 2.59 bits per heavy atom. The fourth-order valence-electron chi connectivity index (χ4n) is 6.68. The number of allylic oxidation sites excluding steroid dienone is 1. The molecule has 0 bridgehead atoms. The molecule has 1 saturated carbocycles. The lowest BCUT2D eigenvalue weighted by molar-refractivity contribution is -0.0153. The van der Waals surface area contributed by atoms with Crippen molar-refractivity contribution in [1.29, 1.82) is 0 Å². The largest absolute Gasteiger partial charge is 0.390 e. The minimum absolute atomic E-state index is 0.0355. The quantitative estimate of drug-likeness (QED) is 0.669. The van der Waals surface area contributed by atoms with E-state index in [1.807, 2.05) is 0 Å². The molecule has 0 amide bonds. The molecular formula is C20H32O2. The molecule has 0 aromatic carbocycles. The summed E-state index contributed by atoms with van der Waals surface area (Å²) in [4.78, 5) is 0. The van der Waals surface area contributed by atoms with E-state index in [4.69, 9.17) is 4.74 Å². The molecule has 0 spiro atoms. The fourth-order valence-corrected chi connectivity index (χ4v) is 6.68. The molecule has 4 rings (SSSR count). The molecule has 4 aliphatic rings. The maximum Gasteiger partial charge on any atom is 0.0868 e. The molecule has 1 saturated heterocycles. The Morgan fingerprint density at radius 2 is 1.82 bits per heavy atom. The Hall–Kier alpha value is -0.340. The second-order valence-electron chi connectivity index (χ2n) is 9.59. The average molecular weight is 304 g/mol. The molecule has 124 valence electrons. The minimum Gasteiger partial charge on any atom is -0.390 e. The second kappa shape index (κ2) is 4.60. The van der Waals surface area contributed by atoms with Crippen LogP contribution >= 0.6 is 0 Å². The summed E-state index contributed by atoms with van der Waals surface area (Å²) in [6.45, 7) is 10.3. The van der Waals surface area contributed by atoms with Crippen molar-refractivity contribution in [2.75, 3.05) is 6.61 Å². The van der Waals surface area contributed by atoms with Gasteiger partial charge in [-0.05, 0) is 60.8 Å². The van der Waals surface area contributed by atoms with Crippen LogP contribution in [0.3, 0.4) is 0 Å². The van der Waals surface area contributed by atoms with Gasteiger partial charge < -0.3 is 9.84 Å². The van der Waals surface area contributed by atoms with Crippen LogP contribution in [0.2, 0.25) is 0 Å². The first-order chi connectivity index (χ1) is 10.3. The third-order valence-electron chi connectivity index (χ3n) is 8.02. The van der Waals surface area contributed by atoms with Crippen molar-refractivity contribution in [3.63, 3.8) is 0 Å². The lowest BCUT2D eigenvalue weighted by atomic mass is 9.47. The molecule has 2 nitrogen and oxygen atoms in total. The summed E-state index contributed by atoms with van der Waals surface area (Å²) in [5.74, 6) is 0.822. The number of hydrogen-bond acceptors (Lipinski definition) is 2. The van der Waals surface area contributed by atoms with Crippen molar-refractivity contribution in [3.05, 3.63) is 11.1 Å². The zero-order valence-corrected chi connectivity index (χ0v) is 14.7. The van der Waals surface area contributed by atoms with Crippen LogP contribution in [0.15, 0.2) is 11.1 Å². The summed E-state index contributed by atoms with van der Waals surface area (Å²) in [7, 11) is 0. The van der Waals surface area contributed by atoms with E-state index >= 15 is 0 Å². The average Bonchev–Trinajstić information content (AvgIpc) is 2.74. The molecule has 0 radical (unpaired) electrons. The van der Waals surface area contributed by atoms with Gasteiger partial charge in [-0.1, -0.05) is 39.7 Å². The smallest absolute Gasteiger partial charge is 0.0868 e. The van der Waals surface area contributed by atoms with Crippen LogP contribution in [0, 0.1) is 22.2 Å². The van der Waals surface area contributed by atoms with Gasteiger partial charge >= 0.3 is 0 Å². The third kappa shape index (κ3) is 1.80. The lowest BCUT2D eigenvalue weighted by Gasteiger charge is -2.58. The summed E-state index contributed by atoms with van der Waals surface area (Å²) in [6.07, 6.45) is 8.81. The van der Waals surface area contributed by atoms with E-state index in [9.17, 15) is 5.11 Å². The van der Waals surface area contributed by atoms with Crippen molar-refractivity contribution in [2.24, 2.45) is 22.2 Å². The van der Waals surface area contributed by atoms with Crippen LogP contribution in [-0.2, 0) is 4.74 Å². The summed E-state index contributed by atoms with van der Waals surface area (Å²) >= 11 is 0. The Balaban J connectivity index is 1.77. The zero-order chi connectivity index (χ0) is 15.8. The predicted octanol–water partition coefficient (Wildman–Crippen LogP) is 4.47. The normalized spacial score (nSPS) is 50.3. The van der Waals surface area contributed by atoms with Gasteiger partial charge in [-0.25, -0.2) is 0 Å². The predicted molar refractivity (Wildman–Crippen MR) is 88.6 cm³/mol. The van der Waals surface area contributed by atoms with E-state index in [-0.39, 0.29) is 17.6 Å². The second-order valence-corrected chi connectivity index (χ2v) is 9.59. The number of rotatable bonds is 0. The number of aliphatic hydroxyl groups is 1. The Bertz CT molecular complexity index is 520. The first-order valence-corrected chi connectivity index (χ1v) is 9.31. The highest BCUT2D eigenvalue weighted by Gasteiger charge is 2.57. The molecule has 2 fully saturated rings. The van der Waals surface area contributed by atoms with Crippen molar-refractivity contribution in [2.45, 2.75) is 84.8 Å². The standard InChI is InChI=1S/C20H32O2/c1-18(2)9-5-10-19(3)14-8-11-20(4)16(21)12-22-17(20)13(14)6-7-15(18)19/h15-17,21H,5-12H2,1-4H3. The van der Waals surface area contributed by atoms with Crippen LogP contribution in [0.5, 0.6) is 0 Å². The van der Waals surface area contributed by atoms with Crippen molar-refractivity contribution in [3.8, 4) is 0 Å². The molecule has 2 heteroatoms. The van der Waals surface area contributed by atoms with Gasteiger partial charge in [0.15, 0.2) is 0 Å². The first kappa shape index (κ1) is 15.2. The van der Waals surface area contributed by atoms with E-state index in [1.165, 1.54) is 38.5 Å². The lowest BCUT2D eigenvalue weighted by Crippen LogP contribution is -2.50.